The molecule has 2 rings (SSSR count). The molecule has 0 bridgehead atoms. The van der Waals surface area contributed by atoms with E-state index in [2.05, 4.69) is 5.32 Å². The van der Waals surface area contributed by atoms with Gasteiger partial charge in [0, 0.05) is 17.3 Å². The van der Waals surface area contributed by atoms with Gasteiger partial charge in [-0.2, -0.15) is 13.2 Å². The zero-order chi connectivity index (χ0) is 18.8. The smallest absolute Gasteiger partial charge is 0.343 e. The molecule has 1 aliphatic rings. The Labute approximate surface area is 148 Å². The Morgan fingerprint density at radius 2 is 2.00 bits per heavy atom. The molecule has 1 heterocycles. The second-order valence-electron chi connectivity index (χ2n) is 6.02. The lowest BCUT2D eigenvalue weighted by atomic mass is 10.2. The third-order valence-electron chi connectivity index (χ3n) is 4.13. The Balaban J connectivity index is 1.95. The van der Waals surface area contributed by atoms with Gasteiger partial charge in [-0.1, -0.05) is 11.6 Å². The molecule has 1 saturated heterocycles. The van der Waals surface area contributed by atoms with Gasteiger partial charge in [-0.25, -0.2) is 0 Å². The first-order chi connectivity index (χ1) is 11.6. The Morgan fingerprint density at radius 3 is 2.56 bits per heavy atom. The third kappa shape index (κ3) is 5.09. The molecule has 1 N–H and O–H groups in total. The van der Waals surface area contributed by atoms with E-state index in [9.17, 15) is 22.8 Å². The van der Waals surface area contributed by atoms with Crippen LogP contribution in [0.2, 0.25) is 5.02 Å². The van der Waals surface area contributed by atoms with E-state index in [1.807, 2.05) is 0 Å². The molecule has 1 aliphatic heterocycles. The number of alkyl halides is 3. The average molecular weight is 378 g/mol. The first-order valence-corrected chi connectivity index (χ1v) is 8.10. The summed E-state index contributed by atoms with van der Waals surface area (Å²) in [7, 11) is 1.22. The molecule has 0 spiro atoms. The normalized spacial score (nSPS) is 19.4. The van der Waals surface area contributed by atoms with Crippen LogP contribution in [-0.4, -0.2) is 55.1 Å². The fourth-order valence-corrected chi connectivity index (χ4v) is 2.73. The first-order valence-electron chi connectivity index (χ1n) is 7.73. The highest BCUT2D eigenvalue weighted by molar-refractivity contribution is 6.30. The van der Waals surface area contributed by atoms with Crippen molar-refractivity contribution in [2.45, 2.75) is 31.6 Å². The van der Waals surface area contributed by atoms with Gasteiger partial charge in [-0.05, 0) is 44.7 Å². The number of rotatable bonds is 5. The molecule has 5 nitrogen and oxygen atoms in total. The maximum atomic E-state index is 12.4. The van der Waals surface area contributed by atoms with Gasteiger partial charge in [-0.15, -0.1) is 0 Å². The van der Waals surface area contributed by atoms with Crippen molar-refractivity contribution in [3.8, 4) is 0 Å². The molecule has 1 aromatic rings. The Bertz CT molecular complexity index is 637. The minimum atomic E-state index is -4.39. The summed E-state index contributed by atoms with van der Waals surface area (Å²) < 4.78 is 37.3. The molecular formula is C16H19ClF3N3O2. The highest BCUT2D eigenvalue weighted by atomic mass is 35.5. The summed E-state index contributed by atoms with van der Waals surface area (Å²) in [6, 6.07) is 4.96. The summed E-state index contributed by atoms with van der Waals surface area (Å²) in [5.74, 6) is -0.899. The number of nitrogens with zero attached hydrogens (tertiary/aromatic N) is 2. The quantitative estimate of drug-likeness (QED) is 0.857. The molecule has 1 fully saturated rings. The minimum Gasteiger partial charge on any atom is -0.343 e. The van der Waals surface area contributed by atoms with Crippen molar-refractivity contribution in [3.63, 3.8) is 0 Å². The third-order valence-corrected chi connectivity index (χ3v) is 4.38. The number of carbonyl (C=O) groups is 2. The summed E-state index contributed by atoms with van der Waals surface area (Å²) in [5.41, 5.74) is 0.661. The van der Waals surface area contributed by atoms with Crippen LogP contribution in [0.15, 0.2) is 24.3 Å². The molecule has 25 heavy (non-hydrogen) atoms. The van der Waals surface area contributed by atoms with E-state index in [0.717, 1.165) is 4.90 Å². The lowest BCUT2D eigenvalue weighted by molar-refractivity contribution is -0.151. The van der Waals surface area contributed by atoms with Crippen LogP contribution in [0.3, 0.4) is 0 Å². The second kappa shape index (κ2) is 7.61. The second-order valence-corrected chi connectivity index (χ2v) is 6.46. The lowest BCUT2D eigenvalue weighted by Gasteiger charge is -2.26. The number of amides is 2. The van der Waals surface area contributed by atoms with Crippen LogP contribution < -0.4 is 10.2 Å². The van der Waals surface area contributed by atoms with Crippen molar-refractivity contribution < 1.29 is 22.8 Å². The topological polar surface area (TPSA) is 52.7 Å². The molecule has 0 aromatic heterocycles. The number of carbonyl (C=O) groups excluding carboxylic acids is 2. The molecule has 2 amide bonds. The summed E-state index contributed by atoms with van der Waals surface area (Å²) in [6.07, 6.45) is -4.00. The standard InChI is InChI=1S/C16H19ClF3N3O2/c1-10(22(2)9-16(18,19)20)14(24)21-13-7-8-23(15(13)25)12-5-3-11(17)4-6-12/h3-6,10,13H,7-9H2,1-2H3,(H,21,24)/t10-,13+/m1/s1. The SMILES string of the molecule is C[C@H](C(=O)N[C@H]1CCN(c2ccc(Cl)cc2)C1=O)N(C)CC(F)(F)F. The van der Waals surface area contributed by atoms with Gasteiger partial charge in [0.15, 0.2) is 0 Å². The molecule has 2 atom stereocenters. The number of hydrogen-bond acceptors (Lipinski definition) is 3. The van der Waals surface area contributed by atoms with Gasteiger partial charge in [0.25, 0.3) is 0 Å². The Hall–Kier alpha value is -1.80. The van der Waals surface area contributed by atoms with E-state index in [-0.39, 0.29) is 5.91 Å². The molecule has 0 saturated carbocycles. The number of halogens is 4. The maximum Gasteiger partial charge on any atom is 0.401 e. The van der Waals surface area contributed by atoms with Crippen molar-refractivity contribution in [3.05, 3.63) is 29.3 Å². The highest BCUT2D eigenvalue weighted by Crippen LogP contribution is 2.23. The van der Waals surface area contributed by atoms with Crippen molar-refractivity contribution in [1.82, 2.24) is 10.2 Å². The van der Waals surface area contributed by atoms with Crippen LogP contribution in [0.25, 0.3) is 0 Å². The van der Waals surface area contributed by atoms with Crippen LogP contribution in [0.4, 0.5) is 18.9 Å². The van der Waals surface area contributed by atoms with Gasteiger partial charge >= 0.3 is 6.18 Å². The summed E-state index contributed by atoms with van der Waals surface area (Å²) >= 11 is 5.82. The van der Waals surface area contributed by atoms with E-state index in [1.165, 1.54) is 18.9 Å². The van der Waals surface area contributed by atoms with E-state index >= 15 is 0 Å². The van der Waals surface area contributed by atoms with Crippen LogP contribution in [0.5, 0.6) is 0 Å². The van der Waals surface area contributed by atoms with E-state index < -0.39 is 30.7 Å². The predicted octanol–water partition coefficient (Wildman–Crippen LogP) is 2.44. The Kier molecular flexibility index (Phi) is 5.95. The molecule has 0 unspecified atom stereocenters. The minimum absolute atomic E-state index is 0.290. The van der Waals surface area contributed by atoms with Crippen LogP contribution in [0.1, 0.15) is 13.3 Å². The van der Waals surface area contributed by atoms with E-state index in [0.29, 0.717) is 23.7 Å². The first kappa shape index (κ1) is 19.5. The molecule has 0 aliphatic carbocycles. The molecule has 138 valence electrons. The van der Waals surface area contributed by atoms with Crippen LogP contribution >= 0.6 is 11.6 Å². The summed E-state index contributed by atoms with van der Waals surface area (Å²) in [5, 5.41) is 3.08. The van der Waals surface area contributed by atoms with E-state index in [1.54, 1.807) is 24.3 Å². The van der Waals surface area contributed by atoms with Crippen molar-refractivity contribution >= 4 is 29.1 Å². The average Bonchev–Trinajstić information content (AvgIpc) is 2.86. The zero-order valence-electron chi connectivity index (χ0n) is 13.8. The molecule has 0 radical (unpaired) electrons. The van der Waals surface area contributed by atoms with Gasteiger partial charge in [0.05, 0.1) is 12.6 Å². The van der Waals surface area contributed by atoms with Crippen molar-refractivity contribution in [2.75, 3.05) is 25.0 Å². The predicted molar refractivity (Wildman–Crippen MR) is 88.5 cm³/mol. The highest BCUT2D eigenvalue weighted by Gasteiger charge is 2.36. The van der Waals surface area contributed by atoms with Gasteiger partial charge in [-0.3, -0.25) is 14.5 Å². The van der Waals surface area contributed by atoms with E-state index in [4.69, 9.17) is 11.6 Å². The van der Waals surface area contributed by atoms with Crippen LogP contribution in [0, 0.1) is 0 Å². The number of nitrogens with one attached hydrogen (secondary N) is 1. The van der Waals surface area contributed by atoms with Gasteiger partial charge in [0.2, 0.25) is 11.8 Å². The molecular weight excluding hydrogens is 359 g/mol. The van der Waals surface area contributed by atoms with Gasteiger partial charge < -0.3 is 10.2 Å². The zero-order valence-corrected chi connectivity index (χ0v) is 14.6. The van der Waals surface area contributed by atoms with Crippen molar-refractivity contribution in [2.24, 2.45) is 0 Å². The van der Waals surface area contributed by atoms with Crippen molar-refractivity contribution in [1.29, 1.82) is 0 Å². The largest absolute Gasteiger partial charge is 0.401 e. The number of likely N-dealkylation sites (N-methyl/N-ethyl adjacent to an activating group) is 1. The summed E-state index contributed by atoms with van der Waals surface area (Å²) in [6.45, 7) is 0.590. The molecule has 9 heteroatoms. The maximum absolute atomic E-state index is 12.4. The number of hydrogen-bond donors (Lipinski definition) is 1. The summed E-state index contributed by atoms with van der Waals surface area (Å²) in [4.78, 5) is 27.0. The fourth-order valence-electron chi connectivity index (χ4n) is 2.60. The molecule has 1 aromatic carbocycles. The van der Waals surface area contributed by atoms with Crippen LogP contribution in [-0.2, 0) is 9.59 Å². The number of anilines is 1. The monoisotopic (exact) mass is 377 g/mol. The fraction of sp³-hybridized carbons (Fsp3) is 0.500. The lowest BCUT2D eigenvalue weighted by Crippen LogP contribution is -2.51. The number of benzene rings is 1. The van der Waals surface area contributed by atoms with Gasteiger partial charge in [0.1, 0.15) is 6.04 Å². The Morgan fingerprint density at radius 1 is 1.40 bits per heavy atom.